The highest BCUT2D eigenvalue weighted by Crippen LogP contribution is 2.47. The van der Waals surface area contributed by atoms with E-state index in [1.54, 1.807) is 0 Å². The van der Waals surface area contributed by atoms with Crippen LogP contribution in [0, 0.1) is 0 Å². The first-order chi connectivity index (χ1) is 41.6. The van der Waals surface area contributed by atoms with E-state index in [1.807, 2.05) is 12.1 Å². The van der Waals surface area contributed by atoms with Crippen molar-refractivity contribution in [2.75, 3.05) is 0 Å². The highest BCUT2D eigenvalue weighted by atomic mass is 16.5. The van der Waals surface area contributed by atoms with Gasteiger partial charge in [-0.2, -0.15) is 0 Å². The molecule has 7 heterocycles. The maximum absolute atomic E-state index is 6.63. The molecule has 10 aromatic carbocycles. The Morgan fingerprint density at radius 2 is 0.881 bits per heavy atom. The lowest BCUT2D eigenvalue weighted by atomic mass is 9.91. The first kappa shape index (κ1) is 45.7. The highest BCUT2D eigenvalue weighted by Gasteiger charge is 2.33. The molecular formula is C75H46N6O3. The first-order valence-electron chi connectivity index (χ1n) is 28.8. The van der Waals surface area contributed by atoms with Crippen molar-refractivity contribution in [2.24, 2.45) is 0 Å². The minimum atomic E-state index is -0.0123. The number of para-hydroxylation sites is 4. The average molecular weight is 1080 g/mol. The van der Waals surface area contributed by atoms with Crippen molar-refractivity contribution in [3.05, 3.63) is 254 Å². The van der Waals surface area contributed by atoms with Crippen LogP contribution >= 0.6 is 0 Å². The van der Waals surface area contributed by atoms with Gasteiger partial charge in [0.05, 0.1) is 33.1 Å². The van der Waals surface area contributed by atoms with Gasteiger partial charge in [0.1, 0.15) is 34.4 Å². The molecule has 6 aromatic heterocycles. The number of hydrogen-bond donors (Lipinski definition) is 0. The van der Waals surface area contributed by atoms with Crippen molar-refractivity contribution in [2.45, 2.75) is 24.9 Å². The zero-order valence-electron chi connectivity index (χ0n) is 45.1. The van der Waals surface area contributed by atoms with Crippen LogP contribution in [0.4, 0.5) is 0 Å². The van der Waals surface area contributed by atoms with Gasteiger partial charge in [-0.15, -0.1) is 0 Å². The standard InChI is InChI=1S/C75H46N6O3/c1-7-28-61-49(22-1)55-37-58-52-25-4-10-31-67(52)82-70(58)40-64(55)79(61)46-19-13-16-43(34-46)73-76-74(44-17-14-20-47(35-44)80-62-29-8-2-23-50(62)56-38-59-53-26-5-11-32-68(53)83-71(59)41-65(56)80)78-75(77-73)45-18-15-21-48(36-45)81-63-30-9-3-24-51(63)57-39-60-54-27-6-12-33-69(54)84-72(60)42-66(57)81/h1-11,13-32,34-42,52,67H,12,33H2. The topological polar surface area (TPSA) is 89.0 Å². The minimum Gasteiger partial charge on any atom is -0.485 e. The van der Waals surface area contributed by atoms with Gasteiger partial charge in [0.15, 0.2) is 17.5 Å². The quantitative estimate of drug-likeness (QED) is 0.165. The Morgan fingerprint density at radius 1 is 0.381 bits per heavy atom. The van der Waals surface area contributed by atoms with Crippen LogP contribution in [-0.4, -0.2) is 34.8 Å². The molecule has 0 saturated heterocycles. The molecule has 394 valence electrons. The molecule has 9 heteroatoms. The van der Waals surface area contributed by atoms with E-state index in [2.05, 4.69) is 244 Å². The molecule has 0 spiro atoms. The van der Waals surface area contributed by atoms with E-state index in [1.165, 1.54) is 32.7 Å². The Balaban J connectivity index is 0.802. The number of ether oxygens (including phenoxy) is 1. The molecule has 19 rings (SSSR count). The van der Waals surface area contributed by atoms with E-state index in [9.17, 15) is 0 Å². The normalized spacial score (nSPS) is 15.5. The third kappa shape index (κ3) is 6.63. The predicted octanol–water partition coefficient (Wildman–Crippen LogP) is 18.7. The van der Waals surface area contributed by atoms with E-state index in [4.69, 9.17) is 28.5 Å². The SMILES string of the molecule is C1=CC2Oc3cc4c(cc3C2C=C1)c1ccccc1n4-c1cccc(-c2nc(-c3cccc(-n4c5ccccc5c5cc6c7c(oc6cc54)CCC=C7)c3)nc(-c3cccc(-n4c5ccccc5c5cc6c(cc54)oc4ccccc46)c3)n2)c1. The molecule has 0 bridgehead atoms. The van der Waals surface area contributed by atoms with Gasteiger partial charge in [0.2, 0.25) is 0 Å². The molecule has 3 aliphatic rings. The van der Waals surface area contributed by atoms with Crippen LogP contribution < -0.4 is 4.74 Å². The summed E-state index contributed by atoms with van der Waals surface area (Å²) in [7, 11) is 0. The number of rotatable bonds is 6. The second-order valence-corrected chi connectivity index (χ2v) is 22.5. The van der Waals surface area contributed by atoms with Crippen molar-refractivity contribution in [1.29, 1.82) is 0 Å². The summed E-state index contributed by atoms with van der Waals surface area (Å²) >= 11 is 0. The molecule has 16 aromatic rings. The Morgan fingerprint density at radius 3 is 1.48 bits per heavy atom. The largest absolute Gasteiger partial charge is 0.485 e. The summed E-state index contributed by atoms with van der Waals surface area (Å²) in [6.45, 7) is 0. The molecule has 84 heavy (non-hydrogen) atoms. The maximum atomic E-state index is 6.63. The Kier molecular flexibility index (Phi) is 9.38. The number of allylic oxidation sites excluding steroid dienone is 3. The molecule has 2 atom stereocenters. The van der Waals surface area contributed by atoms with Crippen LogP contribution in [0.25, 0.3) is 156 Å². The molecule has 0 saturated carbocycles. The van der Waals surface area contributed by atoms with Gasteiger partial charge in [-0.3, -0.25) is 0 Å². The molecule has 0 fully saturated rings. The van der Waals surface area contributed by atoms with Crippen LogP contribution in [0.2, 0.25) is 0 Å². The van der Waals surface area contributed by atoms with Gasteiger partial charge in [0, 0.05) is 124 Å². The Hall–Kier alpha value is -11.0. The van der Waals surface area contributed by atoms with E-state index in [0.717, 1.165) is 135 Å². The zero-order chi connectivity index (χ0) is 54.7. The fourth-order valence-corrected chi connectivity index (χ4v) is 14.1. The highest BCUT2D eigenvalue weighted by molar-refractivity contribution is 6.18. The van der Waals surface area contributed by atoms with Crippen LogP contribution in [0.3, 0.4) is 0 Å². The van der Waals surface area contributed by atoms with Crippen LogP contribution in [0.5, 0.6) is 5.75 Å². The van der Waals surface area contributed by atoms with E-state index in [0.29, 0.717) is 17.5 Å². The summed E-state index contributed by atoms with van der Waals surface area (Å²) in [6, 6.07) is 73.5. The number of hydrogen-bond acceptors (Lipinski definition) is 6. The molecule has 2 unspecified atom stereocenters. The third-order valence-electron chi connectivity index (χ3n) is 17.8. The molecule has 0 N–H and O–H groups in total. The Labute approximate surface area is 479 Å². The predicted molar refractivity (Wildman–Crippen MR) is 339 cm³/mol. The number of fused-ring (bicyclic) bond motifs is 18. The van der Waals surface area contributed by atoms with E-state index >= 15 is 0 Å². The van der Waals surface area contributed by atoms with E-state index < -0.39 is 0 Å². The summed E-state index contributed by atoms with van der Waals surface area (Å²) < 4.78 is 26.8. The van der Waals surface area contributed by atoms with Crippen molar-refractivity contribution in [1.82, 2.24) is 28.7 Å². The van der Waals surface area contributed by atoms with Gasteiger partial charge in [-0.1, -0.05) is 140 Å². The summed E-state index contributed by atoms with van der Waals surface area (Å²) in [4.78, 5) is 16.3. The number of furan rings is 2. The van der Waals surface area contributed by atoms with Crippen LogP contribution in [0.15, 0.2) is 245 Å². The molecule has 1 aliphatic heterocycles. The second kappa shape index (κ2) is 17.2. The fourth-order valence-electron chi connectivity index (χ4n) is 14.1. The minimum absolute atomic E-state index is 0.0123. The lowest BCUT2D eigenvalue weighted by molar-refractivity contribution is 0.269. The van der Waals surface area contributed by atoms with Gasteiger partial charge in [0.25, 0.3) is 0 Å². The Bertz CT molecular complexity index is 5640. The van der Waals surface area contributed by atoms with Gasteiger partial charge in [-0.25, -0.2) is 15.0 Å². The van der Waals surface area contributed by atoms with Crippen molar-refractivity contribution >= 4 is 104 Å². The lowest BCUT2D eigenvalue weighted by Gasteiger charge is -2.14. The van der Waals surface area contributed by atoms with Crippen molar-refractivity contribution in [3.8, 4) is 57.0 Å². The fraction of sp³-hybridized carbons (Fsp3) is 0.0533. The summed E-state index contributed by atoms with van der Waals surface area (Å²) in [6.07, 6.45) is 15.0. The molecular weight excluding hydrogens is 1030 g/mol. The summed E-state index contributed by atoms with van der Waals surface area (Å²) in [5.41, 5.74) is 17.0. The molecule has 2 aliphatic carbocycles. The zero-order valence-corrected chi connectivity index (χ0v) is 45.1. The van der Waals surface area contributed by atoms with Gasteiger partial charge in [-0.05, 0) is 91.4 Å². The monoisotopic (exact) mass is 1080 g/mol. The maximum Gasteiger partial charge on any atom is 0.164 e. The molecule has 0 amide bonds. The molecule has 0 radical (unpaired) electrons. The average Bonchev–Trinajstić information content (AvgIpc) is 4.54. The van der Waals surface area contributed by atoms with Crippen LogP contribution in [0.1, 0.15) is 29.2 Å². The smallest absolute Gasteiger partial charge is 0.164 e. The first-order valence-corrected chi connectivity index (χ1v) is 28.8. The lowest BCUT2D eigenvalue weighted by Crippen LogP contribution is -2.15. The van der Waals surface area contributed by atoms with Crippen molar-refractivity contribution < 1.29 is 13.6 Å². The second-order valence-electron chi connectivity index (χ2n) is 22.5. The number of aryl methyl sites for hydroxylation is 1. The van der Waals surface area contributed by atoms with Crippen LogP contribution in [-0.2, 0) is 6.42 Å². The van der Waals surface area contributed by atoms with Crippen molar-refractivity contribution in [3.63, 3.8) is 0 Å². The summed E-state index contributed by atoms with van der Waals surface area (Å²) in [5.74, 6) is 3.81. The van der Waals surface area contributed by atoms with E-state index in [-0.39, 0.29) is 12.0 Å². The molecule has 9 nitrogen and oxygen atoms in total. The number of nitrogens with zero attached hydrogens (tertiary/aromatic N) is 6. The summed E-state index contributed by atoms with van der Waals surface area (Å²) in [5, 5.41) is 10.4. The number of aromatic nitrogens is 6. The van der Waals surface area contributed by atoms with Gasteiger partial charge < -0.3 is 27.3 Å². The number of benzene rings is 10. The van der Waals surface area contributed by atoms with Gasteiger partial charge >= 0.3 is 0 Å². The third-order valence-corrected chi connectivity index (χ3v) is 17.8.